The van der Waals surface area contributed by atoms with E-state index in [0.29, 0.717) is 45.2 Å². The second-order valence-electron chi connectivity index (χ2n) is 7.51. The molecule has 32 heavy (non-hydrogen) atoms. The zero-order valence-corrected chi connectivity index (χ0v) is 19.1. The lowest BCUT2D eigenvalue weighted by Crippen LogP contribution is -2.28. The Morgan fingerprint density at radius 2 is 1.69 bits per heavy atom. The maximum absolute atomic E-state index is 13.9. The molecule has 1 aromatic heterocycles. The topological polar surface area (TPSA) is 42.7 Å². The lowest BCUT2D eigenvalue weighted by molar-refractivity contribution is 0.103. The van der Waals surface area contributed by atoms with E-state index in [1.807, 2.05) is 48.5 Å². The summed E-state index contributed by atoms with van der Waals surface area (Å²) in [5.41, 5.74) is 2.46. The number of carbonyl (C=O) groups excluding carboxylic acids is 1. The minimum absolute atomic E-state index is 0.150. The lowest BCUT2D eigenvalue weighted by Gasteiger charge is -2.18. The first-order valence-electron chi connectivity index (χ1n) is 10.9. The molecule has 1 heterocycles. The van der Waals surface area contributed by atoms with E-state index in [4.69, 9.17) is 20.8 Å². The van der Waals surface area contributed by atoms with Crippen LogP contribution in [0.4, 0.5) is 0 Å². The van der Waals surface area contributed by atoms with Gasteiger partial charge in [-0.2, -0.15) is 0 Å². The largest absolute Gasteiger partial charge is 0.491 e. The molecular formula is C27H26ClNO3. The van der Waals surface area contributed by atoms with Crippen molar-refractivity contribution in [1.82, 2.24) is 4.90 Å². The number of hydrogen-bond acceptors (Lipinski definition) is 4. The number of halogens is 1. The first kappa shape index (κ1) is 22.1. The van der Waals surface area contributed by atoms with Crippen molar-refractivity contribution in [2.24, 2.45) is 0 Å². The number of para-hydroxylation sites is 1. The van der Waals surface area contributed by atoms with Crippen molar-refractivity contribution in [3.8, 4) is 17.1 Å². The molecule has 0 aliphatic rings. The van der Waals surface area contributed by atoms with Gasteiger partial charge in [0.1, 0.15) is 23.7 Å². The monoisotopic (exact) mass is 447 g/mol. The molecule has 0 aliphatic heterocycles. The number of hydrogen-bond donors (Lipinski definition) is 0. The maximum atomic E-state index is 13.9. The minimum atomic E-state index is -0.150. The molecule has 0 radical (unpaired) electrons. The normalized spacial score (nSPS) is 11.2. The summed E-state index contributed by atoms with van der Waals surface area (Å²) in [5, 5.41) is 1.25. The van der Waals surface area contributed by atoms with Crippen molar-refractivity contribution in [1.29, 1.82) is 0 Å². The number of benzene rings is 3. The molecule has 0 aliphatic carbocycles. The highest BCUT2D eigenvalue weighted by Crippen LogP contribution is 2.37. The first-order valence-corrected chi connectivity index (χ1v) is 11.3. The molecule has 0 spiro atoms. The minimum Gasteiger partial charge on any atom is -0.491 e. The first-order chi connectivity index (χ1) is 15.6. The Morgan fingerprint density at radius 3 is 2.44 bits per heavy atom. The van der Waals surface area contributed by atoms with E-state index in [9.17, 15) is 4.79 Å². The molecule has 0 N–H and O–H groups in total. The molecule has 0 unspecified atom stereocenters. The van der Waals surface area contributed by atoms with Crippen molar-refractivity contribution in [3.05, 3.63) is 88.9 Å². The van der Waals surface area contributed by atoms with Gasteiger partial charge in [-0.15, -0.1) is 0 Å². The van der Waals surface area contributed by atoms with Crippen LogP contribution in [-0.4, -0.2) is 36.9 Å². The highest BCUT2D eigenvalue weighted by molar-refractivity contribution is 6.32. The molecule has 4 aromatic rings. The van der Waals surface area contributed by atoms with E-state index < -0.39 is 0 Å². The van der Waals surface area contributed by atoms with E-state index in [1.165, 1.54) is 0 Å². The van der Waals surface area contributed by atoms with Crippen LogP contribution in [0.25, 0.3) is 22.3 Å². The summed E-state index contributed by atoms with van der Waals surface area (Å²) < 4.78 is 12.2. The zero-order valence-electron chi connectivity index (χ0n) is 18.3. The summed E-state index contributed by atoms with van der Waals surface area (Å²) in [4.78, 5) is 16.1. The van der Waals surface area contributed by atoms with E-state index in [1.54, 1.807) is 24.3 Å². The van der Waals surface area contributed by atoms with Crippen molar-refractivity contribution in [3.63, 3.8) is 0 Å². The summed E-state index contributed by atoms with van der Waals surface area (Å²) in [6.45, 7) is 7.48. The third-order valence-corrected chi connectivity index (χ3v) is 5.84. The fraction of sp³-hybridized carbons (Fsp3) is 0.222. The number of carbonyl (C=O) groups is 1. The molecule has 0 saturated heterocycles. The Bertz CT molecular complexity index is 1210. The predicted molar refractivity (Wildman–Crippen MR) is 130 cm³/mol. The average molecular weight is 448 g/mol. The Hall–Kier alpha value is -3.08. The second-order valence-corrected chi connectivity index (χ2v) is 7.95. The third kappa shape index (κ3) is 4.57. The number of fused-ring (bicyclic) bond motifs is 1. The van der Waals surface area contributed by atoms with Crippen LogP contribution in [0, 0.1) is 0 Å². The number of ether oxygens (including phenoxy) is 1. The molecule has 164 valence electrons. The van der Waals surface area contributed by atoms with Crippen LogP contribution in [0.2, 0.25) is 5.02 Å². The number of nitrogens with zero attached hydrogens (tertiary/aromatic N) is 1. The van der Waals surface area contributed by atoms with Crippen LogP contribution < -0.4 is 4.74 Å². The molecule has 0 atom stereocenters. The quantitative estimate of drug-likeness (QED) is 0.267. The predicted octanol–water partition coefficient (Wildman–Crippen LogP) is 6.70. The van der Waals surface area contributed by atoms with Crippen molar-refractivity contribution in [2.45, 2.75) is 13.8 Å². The molecule has 4 nitrogen and oxygen atoms in total. The standard InChI is InChI=1S/C27H26ClNO3/c1-3-29(4-2)16-17-31-23-13-9-8-12-21(23)26(30)25-22-18-20(28)14-15-24(22)32-27(25)19-10-6-5-7-11-19/h5-15,18H,3-4,16-17H2,1-2H3. The Labute approximate surface area is 193 Å². The maximum Gasteiger partial charge on any atom is 0.201 e. The summed E-state index contributed by atoms with van der Waals surface area (Å²) in [5.74, 6) is 0.953. The van der Waals surface area contributed by atoms with Gasteiger partial charge in [-0.05, 0) is 43.4 Å². The summed E-state index contributed by atoms with van der Waals surface area (Å²) in [6.07, 6.45) is 0. The lowest BCUT2D eigenvalue weighted by atomic mass is 9.97. The van der Waals surface area contributed by atoms with Gasteiger partial charge in [0, 0.05) is 22.5 Å². The van der Waals surface area contributed by atoms with Gasteiger partial charge in [0.25, 0.3) is 0 Å². The van der Waals surface area contributed by atoms with Gasteiger partial charge in [-0.25, -0.2) is 0 Å². The SMILES string of the molecule is CCN(CC)CCOc1ccccc1C(=O)c1c(-c2ccccc2)oc2ccc(Cl)cc12. The number of likely N-dealkylation sites (N-methyl/N-ethyl adjacent to an activating group) is 1. The Morgan fingerprint density at radius 1 is 0.969 bits per heavy atom. The summed E-state index contributed by atoms with van der Waals surface area (Å²) in [6, 6.07) is 22.4. The van der Waals surface area contributed by atoms with Crippen LogP contribution in [0.5, 0.6) is 5.75 Å². The number of ketones is 1. The molecule has 0 fully saturated rings. The molecular weight excluding hydrogens is 422 g/mol. The van der Waals surface area contributed by atoms with E-state index in [0.717, 1.165) is 25.2 Å². The molecule has 3 aromatic carbocycles. The van der Waals surface area contributed by atoms with Gasteiger partial charge in [-0.3, -0.25) is 4.79 Å². The third-order valence-electron chi connectivity index (χ3n) is 5.60. The van der Waals surface area contributed by atoms with Crippen LogP contribution in [0.1, 0.15) is 29.8 Å². The van der Waals surface area contributed by atoms with Gasteiger partial charge in [0.15, 0.2) is 0 Å². The molecule has 4 rings (SSSR count). The molecule has 5 heteroatoms. The van der Waals surface area contributed by atoms with Crippen LogP contribution in [0.15, 0.2) is 77.2 Å². The van der Waals surface area contributed by atoms with E-state index >= 15 is 0 Å². The second kappa shape index (κ2) is 10.0. The van der Waals surface area contributed by atoms with Crippen LogP contribution in [0.3, 0.4) is 0 Å². The zero-order chi connectivity index (χ0) is 22.5. The Balaban J connectivity index is 1.75. The average Bonchev–Trinajstić information content (AvgIpc) is 3.21. The van der Waals surface area contributed by atoms with Crippen LogP contribution >= 0.6 is 11.6 Å². The smallest absolute Gasteiger partial charge is 0.201 e. The van der Waals surface area contributed by atoms with Gasteiger partial charge < -0.3 is 14.1 Å². The molecule has 0 amide bonds. The van der Waals surface area contributed by atoms with Gasteiger partial charge in [0.2, 0.25) is 5.78 Å². The summed E-state index contributed by atoms with van der Waals surface area (Å²) >= 11 is 6.27. The van der Waals surface area contributed by atoms with E-state index in [-0.39, 0.29) is 5.78 Å². The van der Waals surface area contributed by atoms with Crippen molar-refractivity contribution >= 4 is 28.4 Å². The molecule has 0 bridgehead atoms. The fourth-order valence-electron chi connectivity index (χ4n) is 3.83. The highest BCUT2D eigenvalue weighted by atomic mass is 35.5. The van der Waals surface area contributed by atoms with Crippen molar-refractivity contribution in [2.75, 3.05) is 26.2 Å². The fourth-order valence-corrected chi connectivity index (χ4v) is 4.00. The highest BCUT2D eigenvalue weighted by Gasteiger charge is 2.25. The van der Waals surface area contributed by atoms with Crippen LogP contribution in [-0.2, 0) is 0 Å². The molecule has 0 saturated carbocycles. The Kier molecular flexibility index (Phi) is 6.93. The summed E-state index contributed by atoms with van der Waals surface area (Å²) in [7, 11) is 0. The van der Waals surface area contributed by atoms with Gasteiger partial charge in [0.05, 0.1) is 11.1 Å². The van der Waals surface area contributed by atoms with Gasteiger partial charge in [-0.1, -0.05) is 67.9 Å². The van der Waals surface area contributed by atoms with Crippen molar-refractivity contribution < 1.29 is 13.9 Å². The number of rotatable bonds is 9. The number of furan rings is 1. The van der Waals surface area contributed by atoms with E-state index in [2.05, 4.69) is 18.7 Å². The van der Waals surface area contributed by atoms with Gasteiger partial charge >= 0.3 is 0 Å².